The number of aromatic hydroxyl groups is 1. The van der Waals surface area contributed by atoms with Gasteiger partial charge < -0.3 is 21.1 Å². The number of amides is 2. The lowest BCUT2D eigenvalue weighted by Gasteiger charge is -2.23. The molecule has 4 N–H and O–H groups in total. The first-order valence-electron chi connectivity index (χ1n) is 6.56. The molecule has 6 nitrogen and oxygen atoms in total. The van der Waals surface area contributed by atoms with Crippen molar-refractivity contribution < 1.29 is 14.7 Å². The summed E-state index contributed by atoms with van der Waals surface area (Å²) in [6.45, 7) is 0.366. The number of hydrogen-bond acceptors (Lipinski definition) is 4. The van der Waals surface area contributed by atoms with Gasteiger partial charge in [-0.3, -0.25) is 9.59 Å². The number of para-hydroxylation sites is 1. The second-order valence-corrected chi connectivity index (χ2v) is 4.98. The molecule has 0 radical (unpaired) electrons. The third-order valence-corrected chi connectivity index (χ3v) is 3.54. The molecule has 0 aliphatic carbocycles. The average Bonchev–Trinajstić information content (AvgIpc) is 2.82. The van der Waals surface area contributed by atoms with Crippen molar-refractivity contribution in [2.75, 3.05) is 13.6 Å². The van der Waals surface area contributed by atoms with Gasteiger partial charge in [-0.25, -0.2) is 0 Å². The van der Waals surface area contributed by atoms with E-state index in [1.54, 1.807) is 18.2 Å². The molecule has 0 unspecified atom stereocenters. The van der Waals surface area contributed by atoms with E-state index in [-0.39, 0.29) is 30.0 Å². The van der Waals surface area contributed by atoms with Crippen LogP contribution in [0.25, 0.3) is 0 Å². The van der Waals surface area contributed by atoms with Crippen molar-refractivity contribution in [1.82, 2.24) is 10.2 Å². The molecule has 108 valence electrons. The van der Waals surface area contributed by atoms with Crippen molar-refractivity contribution in [3.63, 3.8) is 0 Å². The van der Waals surface area contributed by atoms with Crippen LogP contribution < -0.4 is 11.1 Å². The maximum Gasteiger partial charge on any atom is 0.242 e. The summed E-state index contributed by atoms with van der Waals surface area (Å²) in [4.78, 5) is 25.6. The fourth-order valence-corrected chi connectivity index (χ4v) is 2.48. The lowest BCUT2D eigenvalue weighted by atomic mass is 10.1. The summed E-state index contributed by atoms with van der Waals surface area (Å²) >= 11 is 0. The maximum atomic E-state index is 12.3. The predicted octanol–water partition coefficient (Wildman–Crippen LogP) is -0.391. The summed E-state index contributed by atoms with van der Waals surface area (Å²) < 4.78 is 0. The summed E-state index contributed by atoms with van der Waals surface area (Å²) in [5, 5.41) is 12.3. The van der Waals surface area contributed by atoms with Crippen molar-refractivity contribution >= 4 is 11.8 Å². The van der Waals surface area contributed by atoms with Crippen LogP contribution in [0.3, 0.4) is 0 Å². The molecule has 2 amide bonds. The lowest BCUT2D eigenvalue weighted by Crippen LogP contribution is -2.45. The largest absolute Gasteiger partial charge is 0.508 e. The SMILES string of the molecule is CNC(=O)[C@@H]1C[C@H](N)CN1C(=O)Cc1ccccc1O. The Hall–Kier alpha value is -2.08. The number of nitrogens with one attached hydrogen (secondary N) is 1. The molecule has 0 spiro atoms. The summed E-state index contributed by atoms with van der Waals surface area (Å²) in [5.41, 5.74) is 6.40. The minimum Gasteiger partial charge on any atom is -0.508 e. The minimum atomic E-state index is -0.520. The Labute approximate surface area is 117 Å². The number of phenolic OH excluding ortho intramolecular Hbond substituents is 1. The van der Waals surface area contributed by atoms with Gasteiger partial charge in [0.05, 0.1) is 6.42 Å². The zero-order chi connectivity index (χ0) is 14.7. The molecule has 20 heavy (non-hydrogen) atoms. The first-order valence-corrected chi connectivity index (χ1v) is 6.56. The smallest absolute Gasteiger partial charge is 0.242 e. The number of carbonyl (C=O) groups is 2. The number of phenols is 1. The van der Waals surface area contributed by atoms with Crippen LogP contribution in [-0.2, 0) is 16.0 Å². The number of nitrogens with zero attached hydrogens (tertiary/aromatic N) is 1. The number of hydrogen-bond donors (Lipinski definition) is 3. The molecule has 0 bridgehead atoms. The molecule has 0 saturated carbocycles. The molecule has 2 atom stereocenters. The molecule has 2 rings (SSSR count). The number of carbonyl (C=O) groups excluding carboxylic acids is 2. The summed E-state index contributed by atoms with van der Waals surface area (Å²) in [6.07, 6.45) is 0.527. The predicted molar refractivity (Wildman–Crippen MR) is 74.0 cm³/mol. The van der Waals surface area contributed by atoms with Crippen molar-refractivity contribution in [3.05, 3.63) is 29.8 Å². The zero-order valence-corrected chi connectivity index (χ0v) is 11.4. The highest BCUT2D eigenvalue weighted by Crippen LogP contribution is 2.21. The van der Waals surface area contributed by atoms with Gasteiger partial charge in [-0.15, -0.1) is 0 Å². The van der Waals surface area contributed by atoms with E-state index in [1.165, 1.54) is 18.0 Å². The lowest BCUT2D eigenvalue weighted by molar-refractivity contribution is -0.137. The highest BCUT2D eigenvalue weighted by molar-refractivity contribution is 5.89. The fourth-order valence-electron chi connectivity index (χ4n) is 2.48. The van der Waals surface area contributed by atoms with Gasteiger partial charge in [0.1, 0.15) is 11.8 Å². The number of likely N-dealkylation sites (tertiary alicyclic amines) is 1. The quantitative estimate of drug-likeness (QED) is 0.701. The molecule has 6 heteroatoms. The Bertz CT molecular complexity index is 518. The number of likely N-dealkylation sites (N-methyl/N-ethyl adjacent to an activating group) is 1. The van der Waals surface area contributed by atoms with E-state index >= 15 is 0 Å². The van der Waals surface area contributed by atoms with Crippen LogP contribution in [0, 0.1) is 0 Å². The molecule has 1 aliphatic rings. The van der Waals surface area contributed by atoms with Crippen molar-refractivity contribution in [1.29, 1.82) is 0 Å². The van der Waals surface area contributed by atoms with E-state index in [0.717, 1.165) is 0 Å². The molecular weight excluding hydrogens is 258 g/mol. The van der Waals surface area contributed by atoms with Gasteiger partial charge in [0.2, 0.25) is 11.8 Å². The number of rotatable bonds is 3. The van der Waals surface area contributed by atoms with Crippen LogP contribution in [0.1, 0.15) is 12.0 Å². The first kappa shape index (κ1) is 14.3. The molecule has 1 heterocycles. The first-order chi connectivity index (χ1) is 9.52. The third kappa shape index (κ3) is 2.91. The van der Waals surface area contributed by atoms with Gasteiger partial charge in [0, 0.05) is 25.2 Å². The molecule has 0 aromatic heterocycles. The van der Waals surface area contributed by atoms with Gasteiger partial charge in [-0.2, -0.15) is 0 Å². The molecule has 1 aliphatic heterocycles. The van der Waals surface area contributed by atoms with Crippen LogP contribution in [0.5, 0.6) is 5.75 Å². The highest BCUT2D eigenvalue weighted by Gasteiger charge is 2.37. The van der Waals surface area contributed by atoms with Crippen molar-refractivity contribution in [3.8, 4) is 5.75 Å². The fraction of sp³-hybridized carbons (Fsp3) is 0.429. The Morgan fingerprint density at radius 2 is 2.15 bits per heavy atom. The standard InChI is InChI=1S/C14H19N3O3/c1-16-14(20)11-7-10(15)8-17(11)13(19)6-9-4-2-3-5-12(9)18/h2-5,10-11,18H,6-8,15H2,1H3,(H,16,20)/t10-,11-/m0/s1. The Morgan fingerprint density at radius 3 is 2.80 bits per heavy atom. The Kier molecular flexibility index (Phi) is 4.24. The maximum absolute atomic E-state index is 12.3. The van der Waals surface area contributed by atoms with Gasteiger partial charge in [-0.1, -0.05) is 18.2 Å². The normalized spacial score (nSPS) is 21.8. The Balaban J connectivity index is 2.11. The van der Waals surface area contributed by atoms with E-state index in [2.05, 4.69) is 5.32 Å². The van der Waals surface area contributed by atoms with Crippen LogP contribution in [0.4, 0.5) is 0 Å². The third-order valence-electron chi connectivity index (χ3n) is 3.54. The second kappa shape index (κ2) is 5.92. The Morgan fingerprint density at radius 1 is 1.45 bits per heavy atom. The molecule has 1 aromatic carbocycles. The van der Waals surface area contributed by atoms with Crippen molar-refractivity contribution in [2.45, 2.75) is 24.9 Å². The van der Waals surface area contributed by atoms with E-state index < -0.39 is 6.04 Å². The molecule has 1 fully saturated rings. The van der Waals surface area contributed by atoms with Crippen LogP contribution in [-0.4, -0.2) is 47.5 Å². The highest BCUT2D eigenvalue weighted by atomic mass is 16.3. The van der Waals surface area contributed by atoms with Crippen LogP contribution in [0.15, 0.2) is 24.3 Å². The molecule has 1 aromatic rings. The number of nitrogens with two attached hydrogens (primary N) is 1. The summed E-state index contributed by atoms with van der Waals surface area (Å²) in [6, 6.07) is 5.97. The average molecular weight is 277 g/mol. The number of benzene rings is 1. The van der Waals surface area contributed by atoms with Gasteiger partial charge in [0.15, 0.2) is 0 Å². The minimum absolute atomic E-state index is 0.0624. The van der Waals surface area contributed by atoms with Crippen LogP contribution >= 0.6 is 0 Å². The molecular formula is C14H19N3O3. The van der Waals surface area contributed by atoms with Crippen molar-refractivity contribution in [2.24, 2.45) is 5.73 Å². The van der Waals surface area contributed by atoms with E-state index in [4.69, 9.17) is 5.73 Å². The second-order valence-electron chi connectivity index (χ2n) is 4.98. The van der Waals surface area contributed by atoms with E-state index in [0.29, 0.717) is 18.5 Å². The van der Waals surface area contributed by atoms with Gasteiger partial charge >= 0.3 is 0 Å². The van der Waals surface area contributed by atoms with E-state index in [9.17, 15) is 14.7 Å². The molecule has 1 saturated heterocycles. The summed E-state index contributed by atoms with van der Waals surface area (Å²) in [7, 11) is 1.54. The topological polar surface area (TPSA) is 95.7 Å². The van der Waals surface area contributed by atoms with Gasteiger partial charge in [0.25, 0.3) is 0 Å². The van der Waals surface area contributed by atoms with Gasteiger partial charge in [-0.05, 0) is 12.5 Å². The zero-order valence-electron chi connectivity index (χ0n) is 11.4. The summed E-state index contributed by atoms with van der Waals surface area (Å²) in [5.74, 6) is -0.322. The van der Waals surface area contributed by atoms with E-state index in [1.807, 2.05) is 0 Å². The van der Waals surface area contributed by atoms with Crippen LogP contribution in [0.2, 0.25) is 0 Å². The monoisotopic (exact) mass is 277 g/mol.